The second kappa shape index (κ2) is 15.9. The van der Waals surface area contributed by atoms with Crippen LogP contribution in [0.3, 0.4) is 0 Å². The number of aliphatic hydroxyl groups is 3. The molecule has 0 unspecified atom stereocenters. The number of rotatable bonds is 8. The maximum atomic E-state index is 15.3. The Bertz CT molecular complexity index is 1980. The van der Waals surface area contributed by atoms with E-state index in [4.69, 9.17) is 40.0 Å². The standard InChI is InChI=1S/C40H49ClF3NO15/c1-17-22(57-33(52)26(49)29(40(42,43)44)45-34(53)60-35(4,5)6)15-39(54)31(58-32(51)20-11-10-12-21(41)13-20)28-37(9,23(48)14-24-38(28,16-55-24)59-19(3)47)30(50)27(56-18(2)46)25(17)36(39,7)8/h10-13,22-24,26-29,31,48-49,54H,14-16H2,1-9H3,(H,45,53)/t22-,23-,24+,26+,27+,28-,29+,31-,37+,38-,39+/m0/s1. The molecule has 60 heavy (non-hydrogen) atoms. The van der Waals surface area contributed by atoms with Crippen molar-refractivity contribution in [1.29, 1.82) is 0 Å². The molecule has 4 aliphatic rings. The Morgan fingerprint density at radius 1 is 1.02 bits per heavy atom. The molecule has 11 atom stereocenters. The molecule has 332 valence electrons. The number of nitrogens with one attached hydrogen (secondary N) is 1. The molecule has 1 aliphatic heterocycles. The van der Waals surface area contributed by atoms with Gasteiger partial charge in [-0.2, -0.15) is 13.2 Å². The summed E-state index contributed by atoms with van der Waals surface area (Å²) in [5.74, 6) is -7.76. The number of halogens is 4. The fourth-order valence-electron chi connectivity index (χ4n) is 9.18. The molecule has 1 heterocycles. The van der Waals surface area contributed by atoms with Crippen LogP contribution in [0, 0.1) is 16.7 Å². The van der Waals surface area contributed by atoms with E-state index in [1.165, 1.54) is 78.0 Å². The number of ether oxygens (including phenoxy) is 6. The number of hydrogen-bond acceptors (Lipinski definition) is 15. The molecule has 1 aromatic rings. The molecule has 4 N–H and O–H groups in total. The summed E-state index contributed by atoms with van der Waals surface area (Å²) in [6.07, 6.45) is -20.1. The van der Waals surface area contributed by atoms with E-state index < -0.39 is 131 Å². The highest BCUT2D eigenvalue weighted by atomic mass is 35.5. The van der Waals surface area contributed by atoms with Crippen LogP contribution in [0.4, 0.5) is 18.0 Å². The van der Waals surface area contributed by atoms with Crippen LogP contribution < -0.4 is 5.32 Å². The van der Waals surface area contributed by atoms with Gasteiger partial charge in [0.1, 0.15) is 29.5 Å². The van der Waals surface area contributed by atoms with Gasteiger partial charge in [0.05, 0.1) is 29.6 Å². The summed E-state index contributed by atoms with van der Waals surface area (Å²) in [6, 6.07) is 2.17. The zero-order valence-electron chi connectivity index (χ0n) is 34.3. The van der Waals surface area contributed by atoms with Gasteiger partial charge in [0.25, 0.3) is 0 Å². The first-order valence-electron chi connectivity index (χ1n) is 19.0. The van der Waals surface area contributed by atoms with E-state index >= 15 is 4.79 Å². The molecule has 2 saturated carbocycles. The molecule has 2 bridgehead atoms. The number of benzene rings is 1. The third-order valence-corrected chi connectivity index (χ3v) is 12.3. The Labute approximate surface area is 348 Å². The molecule has 3 aliphatic carbocycles. The first-order valence-corrected chi connectivity index (χ1v) is 19.4. The van der Waals surface area contributed by atoms with Gasteiger partial charge >= 0.3 is 36.1 Å². The minimum Gasteiger partial charge on any atom is -0.456 e. The number of alkyl carbamates (subject to hydrolysis) is 1. The highest BCUT2D eigenvalue weighted by Crippen LogP contribution is 2.64. The number of ketones is 1. The van der Waals surface area contributed by atoms with Crippen LogP contribution >= 0.6 is 11.6 Å². The molecule has 0 aromatic heterocycles. The Balaban J connectivity index is 1.74. The minimum atomic E-state index is -5.45. The molecular weight excluding hydrogens is 827 g/mol. The van der Waals surface area contributed by atoms with Crippen molar-refractivity contribution in [3.63, 3.8) is 0 Å². The summed E-state index contributed by atoms with van der Waals surface area (Å²) in [7, 11) is 0. The van der Waals surface area contributed by atoms with Crippen molar-refractivity contribution < 1.29 is 85.7 Å². The number of aliphatic hydroxyl groups excluding tert-OH is 2. The summed E-state index contributed by atoms with van der Waals surface area (Å²) in [5.41, 5.74) is -10.4. The van der Waals surface area contributed by atoms with E-state index in [1.54, 1.807) is 0 Å². The van der Waals surface area contributed by atoms with E-state index in [2.05, 4.69) is 0 Å². The van der Waals surface area contributed by atoms with E-state index in [0.717, 1.165) is 13.8 Å². The van der Waals surface area contributed by atoms with Crippen molar-refractivity contribution in [3.05, 3.63) is 46.0 Å². The fourth-order valence-corrected chi connectivity index (χ4v) is 9.37. The molecule has 1 saturated heterocycles. The van der Waals surface area contributed by atoms with Crippen molar-refractivity contribution >= 4 is 47.4 Å². The molecule has 3 fully saturated rings. The van der Waals surface area contributed by atoms with Gasteiger partial charge in [-0.15, -0.1) is 0 Å². The number of esters is 4. The Hall–Kier alpha value is -4.30. The number of hydrogen-bond donors (Lipinski definition) is 4. The molecule has 1 aromatic carbocycles. The van der Waals surface area contributed by atoms with Gasteiger partial charge in [0, 0.05) is 37.1 Å². The summed E-state index contributed by atoms with van der Waals surface area (Å²) in [4.78, 5) is 81.2. The van der Waals surface area contributed by atoms with E-state index in [-0.39, 0.29) is 28.2 Å². The molecule has 20 heteroatoms. The number of fused-ring (bicyclic) bond motifs is 5. The SMILES string of the molecule is CC(=O)O[C@H]1C(=O)[C@@]2(C)[C@H]([C@H](OC(=O)c3cccc(Cl)c3)[C@]3(O)C[C@H](OC(=O)[C@H](O)[C@@H](NC(=O)OC(C)(C)C)C(F)(F)F)C(C)=C1C3(C)C)[C@]1(OC(C)=O)CO[C@@H]1C[C@@H]2O. The molecule has 1 amide bonds. The van der Waals surface area contributed by atoms with Crippen LogP contribution in [0.25, 0.3) is 0 Å². The van der Waals surface area contributed by atoms with Crippen molar-refractivity contribution in [1.82, 2.24) is 5.32 Å². The Kier molecular flexibility index (Phi) is 12.4. The predicted molar refractivity (Wildman–Crippen MR) is 199 cm³/mol. The smallest absolute Gasteiger partial charge is 0.411 e. The lowest BCUT2D eigenvalue weighted by Crippen LogP contribution is -2.82. The quantitative estimate of drug-likeness (QED) is 0.166. The normalized spacial score (nSPS) is 33.2. The van der Waals surface area contributed by atoms with Gasteiger partial charge in [-0.1, -0.05) is 31.5 Å². The van der Waals surface area contributed by atoms with Gasteiger partial charge in [0.2, 0.25) is 0 Å². The second-order valence-corrected chi connectivity index (χ2v) is 17.9. The Morgan fingerprint density at radius 3 is 2.17 bits per heavy atom. The van der Waals surface area contributed by atoms with Crippen LogP contribution in [-0.2, 0) is 47.6 Å². The van der Waals surface area contributed by atoms with Crippen LogP contribution in [0.5, 0.6) is 0 Å². The lowest BCUT2D eigenvalue weighted by atomic mass is 9.44. The zero-order chi connectivity index (χ0) is 45.3. The maximum Gasteiger partial charge on any atom is 0.411 e. The zero-order valence-corrected chi connectivity index (χ0v) is 35.1. The lowest BCUT2D eigenvalue weighted by molar-refractivity contribution is -0.346. The summed E-state index contributed by atoms with van der Waals surface area (Å²) >= 11 is 6.19. The van der Waals surface area contributed by atoms with E-state index in [9.17, 15) is 52.5 Å². The predicted octanol–water partition coefficient (Wildman–Crippen LogP) is 3.67. The topological polar surface area (TPSA) is 231 Å². The molecule has 16 nitrogen and oxygen atoms in total. The molecule has 5 rings (SSSR count). The van der Waals surface area contributed by atoms with Gasteiger partial charge in [0.15, 0.2) is 29.6 Å². The van der Waals surface area contributed by atoms with Crippen molar-refractivity contribution in [2.75, 3.05) is 6.61 Å². The number of carbonyl (C=O) groups excluding carboxylic acids is 6. The first-order chi connectivity index (χ1) is 27.4. The van der Waals surface area contributed by atoms with Crippen molar-refractivity contribution in [2.45, 2.75) is 141 Å². The largest absolute Gasteiger partial charge is 0.456 e. The van der Waals surface area contributed by atoms with Gasteiger partial charge in [-0.25, -0.2) is 14.4 Å². The molecular formula is C40H49ClF3NO15. The van der Waals surface area contributed by atoms with Crippen LogP contribution in [-0.4, -0.2) is 123 Å². The van der Waals surface area contributed by atoms with Gasteiger partial charge in [-0.05, 0) is 64.0 Å². The highest BCUT2D eigenvalue weighted by Gasteiger charge is 2.78. The van der Waals surface area contributed by atoms with Crippen LogP contribution in [0.2, 0.25) is 5.02 Å². The highest BCUT2D eigenvalue weighted by molar-refractivity contribution is 6.30. The second-order valence-electron chi connectivity index (χ2n) is 17.4. The lowest BCUT2D eigenvalue weighted by Gasteiger charge is -2.67. The minimum absolute atomic E-state index is 0.102. The number of alkyl halides is 3. The average Bonchev–Trinajstić information content (AvgIpc) is 3.10. The van der Waals surface area contributed by atoms with Gasteiger partial charge in [-0.3, -0.25) is 14.4 Å². The first kappa shape index (κ1) is 46.8. The summed E-state index contributed by atoms with van der Waals surface area (Å²) in [6.45, 7) is 11.0. The Morgan fingerprint density at radius 2 is 1.65 bits per heavy atom. The van der Waals surface area contributed by atoms with Crippen LogP contribution in [0.15, 0.2) is 35.4 Å². The maximum absolute atomic E-state index is 15.3. The van der Waals surface area contributed by atoms with E-state index in [1.807, 2.05) is 0 Å². The van der Waals surface area contributed by atoms with E-state index in [0.29, 0.717) is 0 Å². The van der Waals surface area contributed by atoms with Crippen molar-refractivity contribution in [3.8, 4) is 0 Å². The van der Waals surface area contributed by atoms with Crippen molar-refractivity contribution in [2.24, 2.45) is 16.7 Å². The monoisotopic (exact) mass is 875 g/mol. The number of carbonyl (C=O) groups is 6. The van der Waals surface area contributed by atoms with Crippen LogP contribution in [0.1, 0.15) is 85.5 Å². The average molecular weight is 876 g/mol. The third kappa shape index (κ3) is 8.10. The molecule has 0 spiro atoms. The number of Topliss-reactive ketones (excluding diaryl/α,β-unsaturated/α-hetero) is 1. The summed E-state index contributed by atoms with van der Waals surface area (Å²) < 4.78 is 76.9. The summed E-state index contributed by atoms with van der Waals surface area (Å²) in [5, 5.41) is 37.8. The fraction of sp³-hybridized carbons (Fsp3) is 0.650. The third-order valence-electron chi connectivity index (χ3n) is 12.1. The van der Waals surface area contributed by atoms with Gasteiger partial charge < -0.3 is 49.1 Å². The molecule has 0 radical (unpaired) electrons. The number of amides is 1.